The van der Waals surface area contributed by atoms with Crippen LogP contribution in [0.5, 0.6) is 0 Å². The van der Waals surface area contributed by atoms with Crippen LogP contribution >= 0.6 is 15.9 Å². The predicted octanol–water partition coefficient (Wildman–Crippen LogP) is 4.55. The van der Waals surface area contributed by atoms with Gasteiger partial charge in [0.25, 0.3) is 0 Å². The van der Waals surface area contributed by atoms with Crippen LogP contribution in [-0.2, 0) is 6.54 Å². The largest absolute Gasteiger partial charge is 0.472 e. The van der Waals surface area contributed by atoms with Crippen molar-refractivity contribution in [2.75, 3.05) is 0 Å². The monoisotopic (exact) mass is 384 g/mol. The molecule has 0 radical (unpaired) electrons. The summed E-state index contributed by atoms with van der Waals surface area (Å²) in [6, 6.07) is 8.57. The number of rotatable bonds is 7. The Bertz CT molecular complexity index is 572. The van der Waals surface area contributed by atoms with Gasteiger partial charge in [-0.25, -0.2) is 15.4 Å². The first-order valence-electron chi connectivity index (χ1n) is 7.59. The van der Waals surface area contributed by atoms with Gasteiger partial charge in [0.2, 0.25) is 0 Å². The molecule has 1 atom stereocenters. The molecule has 1 aromatic carbocycles. The Balaban J connectivity index is 0.000000593. The minimum atomic E-state index is -1.25. The third-order valence-corrected chi connectivity index (χ3v) is 4.21. The summed E-state index contributed by atoms with van der Waals surface area (Å²) in [4.78, 5) is 12.6. The van der Waals surface area contributed by atoms with Crippen molar-refractivity contribution in [1.82, 2.24) is 9.55 Å². The van der Waals surface area contributed by atoms with Gasteiger partial charge < -0.3 is 4.57 Å². The van der Waals surface area contributed by atoms with E-state index >= 15 is 0 Å². The molecule has 126 valence electrons. The van der Waals surface area contributed by atoms with Crippen LogP contribution in [0.2, 0.25) is 0 Å². The fourth-order valence-corrected chi connectivity index (χ4v) is 3.05. The van der Waals surface area contributed by atoms with Gasteiger partial charge in [0.05, 0.1) is 6.33 Å². The van der Waals surface area contributed by atoms with Crippen molar-refractivity contribution < 1.29 is 15.5 Å². The number of unbranched alkanes of at least 4 members (excludes halogenated alkanes) is 2. The highest BCUT2D eigenvalue weighted by Gasteiger charge is 2.14. The molecule has 0 aliphatic heterocycles. The van der Waals surface area contributed by atoms with Crippen LogP contribution in [0.1, 0.15) is 44.1 Å². The second-order valence-electron chi connectivity index (χ2n) is 5.23. The van der Waals surface area contributed by atoms with Crippen molar-refractivity contribution in [3.05, 3.63) is 57.9 Å². The molecular weight excluding hydrogens is 362 g/mol. The van der Waals surface area contributed by atoms with Crippen molar-refractivity contribution >= 4 is 15.9 Å². The highest BCUT2D eigenvalue weighted by atomic mass is 79.9. The van der Waals surface area contributed by atoms with Crippen LogP contribution in [-0.4, -0.2) is 25.1 Å². The van der Waals surface area contributed by atoms with E-state index in [1.165, 1.54) is 35.7 Å². The molecule has 0 aliphatic rings. The maximum absolute atomic E-state index is 8.47. The van der Waals surface area contributed by atoms with Gasteiger partial charge in [-0.2, -0.15) is 0 Å². The summed E-state index contributed by atoms with van der Waals surface area (Å²) in [6.07, 6.45) is 10.9. The molecular formula is C16H23BrN3O3+. The van der Waals surface area contributed by atoms with Gasteiger partial charge in [0, 0.05) is 29.3 Å². The van der Waals surface area contributed by atoms with Crippen LogP contribution in [0, 0.1) is 4.91 Å². The average molecular weight is 385 g/mol. The van der Waals surface area contributed by atoms with E-state index in [9.17, 15) is 0 Å². The summed E-state index contributed by atoms with van der Waals surface area (Å²) >= 11 is 3.69. The normalized spacial score (nSPS) is 11.4. The van der Waals surface area contributed by atoms with Gasteiger partial charge in [-0.15, -0.1) is 0 Å². The van der Waals surface area contributed by atoms with E-state index in [2.05, 4.69) is 56.7 Å². The molecule has 1 heterocycles. The van der Waals surface area contributed by atoms with Crippen LogP contribution in [0.4, 0.5) is 0 Å². The van der Waals surface area contributed by atoms with Crippen molar-refractivity contribution in [2.45, 2.75) is 45.1 Å². The first-order chi connectivity index (χ1) is 11.0. The van der Waals surface area contributed by atoms with Crippen molar-refractivity contribution in [2.24, 2.45) is 0 Å². The van der Waals surface area contributed by atoms with E-state index in [1.807, 2.05) is 18.7 Å². The Kier molecular flexibility index (Phi) is 8.97. The minimum absolute atomic E-state index is 0.552. The molecule has 0 saturated heterocycles. The Morgan fingerprint density at radius 1 is 1.30 bits per heavy atom. The Labute approximate surface area is 144 Å². The number of hydrogen-bond acceptors (Lipinski definition) is 2. The first-order valence-corrected chi connectivity index (χ1v) is 8.39. The summed E-state index contributed by atoms with van der Waals surface area (Å²) in [6.45, 7) is 3.26. The second kappa shape index (κ2) is 10.8. The zero-order valence-electron chi connectivity index (χ0n) is 13.2. The molecule has 0 aliphatic carbocycles. The van der Waals surface area contributed by atoms with Gasteiger partial charge >= 0.3 is 5.09 Å². The average Bonchev–Trinajstić information content (AvgIpc) is 2.99. The molecule has 1 aromatic heterocycles. The standard InChI is InChI=1S/C16H21BrN2.H2NO3/c1-2-3-4-7-14(12-19-11-10-18-13-19)15-8-5-6-9-16(15)17;2-1(3)4/h5-6,8-11,13-14H,2-4,7,12H2,1H3;(H2,2,3,4)/q;+1. The Morgan fingerprint density at radius 2 is 2.00 bits per heavy atom. The summed E-state index contributed by atoms with van der Waals surface area (Å²) < 4.78 is 3.40. The fourth-order valence-electron chi connectivity index (χ4n) is 2.44. The lowest BCUT2D eigenvalue weighted by Crippen LogP contribution is -2.09. The number of nitrogens with zero attached hydrogens (tertiary/aromatic N) is 3. The SMILES string of the molecule is CCCCCC(Cn1ccnc1)c1ccccc1Br.O=[N+](O)O. The highest BCUT2D eigenvalue weighted by molar-refractivity contribution is 9.10. The number of hydrogen-bond donors (Lipinski definition) is 2. The van der Waals surface area contributed by atoms with Gasteiger partial charge in [-0.05, 0) is 18.1 Å². The van der Waals surface area contributed by atoms with Crippen molar-refractivity contribution in [3.8, 4) is 0 Å². The molecule has 6 nitrogen and oxygen atoms in total. The quantitative estimate of drug-likeness (QED) is 0.541. The van der Waals surface area contributed by atoms with Crippen LogP contribution < -0.4 is 0 Å². The predicted molar refractivity (Wildman–Crippen MR) is 90.5 cm³/mol. The van der Waals surface area contributed by atoms with Crippen LogP contribution in [0.15, 0.2) is 47.5 Å². The number of halogens is 1. The summed E-state index contributed by atoms with van der Waals surface area (Å²) in [5.41, 5.74) is 1.41. The third-order valence-electron chi connectivity index (χ3n) is 3.49. The van der Waals surface area contributed by atoms with Crippen molar-refractivity contribution in [3.63, 3.8) is 0 Å². The summed E-state index contributed by atoms with van der Waals surface area (Å²) in [5, 5.41) is 12.5. The van der Waals surface area contributed by atoms with E-state index in [0.717, 1.165) is 6.54 Å². The second-order valence-corrected chi connectivity index (χ2v) is 6.08. The fraction of sp³-hybridized carbons (Fsp3) is 0.438. The molecule has 0 fully saturated rings. The zero-order chi connectivity index (χ0) is 17.1. The number of imidazole rings is 1. The van der Waals surface area contributed by atoms with E-state index < -0.39 is 5.09 Å². The van der Waals surface area contributed by atoms with Crippen LogP contribution in [0.25, 0.3) is 0 Å². The van der Waals surface area contributed by atoms with Gasteiger partial charge in [-0.1, -0.05) is 60.3 Å². The number of aromatic nitrogens is 2. The maximum Gasteiger partial charge on any atom is 0.472 e. The van der Waals surface area contributed by atoms with Gasteiger partial charge in [0.15, 0.2) is 0 Å². The maximum atomic E-state index is 8.47. The molecule has 2 aromatic rings. The highest BCUT2D eigenvalue weighted by Crippen LogP contribution is 2.30. The molecule has 0 spiro atoms. The lowest BCUT2D eigenvalue weighted by molar-refractivity contribution is -0.969. The van der Waals surface area contributed by atoms with Gasteiger partial charge in [-0.3, -0.25) is 0 Å². The molecule has 2 N–H and O–H groups in total. The first kappa shape index (κ1) is 19.2. The van der Waals surface area contributed by atoms with E-state index in [0.29, 0.717) is 5.92 Å². The zero-order valence-corrected chi connectivity index (χ0v) is 14.8. The molecule has 2 rings (SSSR count). The van der Waals surface area contributed by atoms with Crippen LogP contribution in [0.3, 0.4) is 0 Å². The molecule has 0 bridgehead atoms. The van der Waals surface area contributed by atoms with E-state index in [4.69, 9.17) is 15.3 Å². The van der Waals surface area contributed by atoms with E-state index in [1.54, 1.807) is 0 Å². The molecule has 1 unspecified atom stereocenters. The molecule has 7 heteroatoms. The molecule has 0 saturated carbocycles. The lowest BCUT2D eigenvalue weighted by atomic mass is 9.93. The smallest absolute Gasteiger partial charge is 0.337 e. The molecule has 23 heavy (non-hydrogen) atoms. The Morgan fingerprint density at radius 3 is 2.57 bits per heavy atom. The summed E-state index contributed by atoms with van der Waals surface area (Å²) in [7, 11) is 0. The molecule has 0 amide bonds. The topological polar surface area (TPSA) is 78.4 Å². The van der Waals surface area contributed by atoms with Crippen molar-refractivity contribution in [1.29, 1.82) is 0 Å². The van der Waals surface area contributed by atoms with Gasteiger partial charge in [0.1, 0.15) is 4.91 Å². The Hall–Kier alpha value is -1.89. The third kappa shape index (κ3) is 7.78. The minimum Gasteiger partial charge on any atom is -0.337 e. The number of benzene rings is 1. The summed E-state index contributed by atoms with van der Waals surface area (Å²) in [5.74, 6) is 0.552. The lowest BCUT2D eigenvalue weighted by Gasteiger charge is -2.19. The van der Waals surface area contributed by atoms with E-state index in [-0.39, 0.29) is 0 Å².